The van der Waals surface area contributed by atoms with E-state index in [0.29, 0.717) is 24.8 Å². The Morgan fingerprint density at radius 3 is 2.59 bits per heavy atom. The molecule has 4 rings (SSSR count). The van der Waals surface area contributed by atoms with Crippen molar-refractivity contribution in [2.24, 2.45) is 0 Å². The summed E-state index contributed by atoms with van der Waals surface area (Å²) in [5, 5.41) is 13.7. The molecule has 2 aromatic carbocycles. The Kier molecular flexibility index (Phi) is 4.81. The summed E-state index contributed by atoms with van der Waals surface area (Å²) in [6.45, 7) is 2.31. The van der Waals surface area contributed by atoms with E-state index >= 15 is 0 Å². The molecule has 0 atom stereocenters. The van der Waals surface area contributed by atoms with Crippen LogP contribution >= 0.6 is 0 Å². The average molecular weight is 364 g/mol. The molecule has 27 heavy (non-hydrogen) atoms. The number of likely N-dealkylation sites (tertiary alicyclic amines) is 1. The van der Waals surface area contributed by atoms with Crippen LogP contribution < -0.4 is 5.32 Å². The SMILES string of the molecule is O=C1Cc2cc(CN3CCC(O)(CC(=O)c4ccccc4)CC3)ccc2N1. The highest BCUT2D eigenvalue weighted by molar-refractivity contribution is 5.99. The van der Waals surface area contributed by atoms with Crippen molar-refractivity contribution in [1.29, 1.82) is 0 Å². The largest absolute Gasteiger partial charge is 0.389 e. The number of nitrogens with one attached hydrogen (secondary N) is 1. The fraction of sp³-hybridized carbons (Fsp3) is 0.364. The number of ketones is 1. The standard InChI is InChI=1S/C22H24N2O3/c25-20(17-4-2-1-3-5-17)14-22(27)8-10-24(11-9-22)15-16-6-7-19-18(12-16)13-21(26)23-19/h1-7,12,27H,8-11,13-15H2,(H,23,26). The third kappa shape index (κ3) is 4.10. The number of anilines is 1. The number of benzene rings is 2. The Labute approximate surface area is 159 Å². The van der Waals surface area contributed by atoms with Crippen molar-refractivity contribution in [1.82, 2.24) is 4.90 Å². The predicted octanol–water partition coefficient (Wildman–Crippen LogP) is 2.78. The highest BCUT2D eigenvalue weighted by Gasteiger charge is 2.34. The molecular formula is C22H24N2O3. The third-order valence-electron chi connectivity index (χ3n) is 5.57. The quantitative estimate of drug-likeness (QED) is 0.801. The van der Waals surface area contributed by atoms with Crippen LogP contribution in [0.15, 0.2) is 48.5 Å². The van der Waals surface area contributed by atoms with Gasteiger partial charge in [-0.1, -0.05) is 42.5 Å². The molecule has 140 valence electrons. The molecule has 2 aliphatic heterocycles. The van der Waals surface area contributed by atoms with Crippen LogP contribution in [0.3, 0.4) is 0 Å². The van der Waals surface area contributed by atoms with Gasteiger partial charge in [-0.3, -0.25) is 14.5 Å². The normalized spacial score (nSPS) is 18.8. The van der Waals surface area contributed by atoms with Crippen LogP contribution in [0.5, 0.6) is 0 Å². The summed E-state index contributed by atoms with van der Waals surface area (Å²) in [7, 11) is 0. The monoisotopic (exact) mass is 364 g/mol. The van der Waals surface area contributed by atoms with Gasteiger partial charge < -0.3 is 10.4 Å². The Morgan fingerprint density at radius 1 is 1.11 bits per heavy atom. The maximum Gasteiger partial charge on any atom is 0.228 e. The van der Waals surface area contributed by atoms with Gasteiger partial charge in [0.15, 0.2) is 5.78 Å². The zero-order valence-electron chi connectivity index (χ0n) is 15.3. The molecule has 0 aromatic heterocycles. The molecule has 1 amide bonds. The van der Waals surface area contributed by atoms with E-state index in [1.807, 2.05) is 30.3 Å². The van der Waals surface area contributed by atoms with Crippen molar-refractivity contribution in [3.63, 3.8) is 0 Å². The van der Waals surface area contributed by atoms with Gasteiger partial charge in [0.05, 0.1) is 12.0 Å². The topological polar surface area (TPSA) is 69.6 Å². The average Bonchev–Trinajstić information content (AvgIpc) is 3.04. The van der Waals surface area contributed by atoms with Crippen molar-refractivity contribution in [2.75, 3.05) is 18.4 Å². The van der Waals surface area contributed by atoms with Crippen LogP contribution in [0.4, 0.5) is 5.69 Å². The van der Waals surface area contributed by atoms with Crippen LogP contribution in [-0.2, 0) is 17.8 Å². The number of nitrogens with zero attached hydrogens (tertiary/aromatic N) is 1. The summed E-state index contributed by atoms with van der Waals surface area (Å²) >= 11 is 0. The molecule has 0 aliphatic carbocycles. The van der Waals surface area contributed by atoms with Gasteiger partial charge in [-0.05, 0) is 30.0 Å². The number of carbonyl (C=O) groups excluding carboxylic acids is 2. The third-order valence-corrected chi connectivity index (χ3v) is 5.57. The molecule has 1 saturated heterocycles. The van der Waals surface area contributed by atoms with E-state index in [-0.39, 0.29) is 18.1 Å². The molecule has 5 nitrogen and oxygen atoms in total. The minimum atomic E-state index is -0.919. The number of hydrogen-bond acceptors (Lipinski definition) is 4. The first-order valence-corrected chi connectivity index (χ1v) is 9.45. The summed E-state index contributed by atoms with van der Waals surface area (Å²) < 4.78 is 0. The molecule has 0 bridgehead atoms. The lowest BCUT2D eigenvalue weighted by molar-refractivity contribution is -0.115. The smallest absolute Gasteiger partial charge is 0.228 e. The molecule has 0 spiro atoms. The molecular weight excluding hydrogens is 340 g/mol. The molecule has 0 saturated carbocycles. The van der Waals surface area contributed by atoms with Crippen molar-refractivity contribution >= 4 is 17.4 Å². The van der Waals surface area contributed by atoms with E-state index in [0.717, 1.165) is 30.9 Å². The fourth-order valence-corrected chi connectivity index (χ4v) is 3.97. The molecule has 2 aliphatic rings. The van der Waals surface area contributed by atoms with Gasteiger partial charge >= 0.3 is 0 Å². The maximum atomic E-state index is 12.4. The summed E-state index contributed by atoms with van der Waals surface area (Å²) in [5.74, 6) is 0.0515. The van der Waals surface area contributed by atoms with Crippen molar-refractivity contribution in [2.45, 2.75) is 37.8 Å². The van der Waals surface area contributed by atoms with Crippen LogP contribution in [0, 0.1) is 0 Å². The molecule has 0 unspecified atom stereocenters. The molecule has 5 heteroatoms. The van der Waals surface area contributed by atoms with Gasteiger partial charge in [0.25, 0.3) is 0 Å². The number of fused-ring (bicyclic) bond motifs is 1. The zero-order valence-corrected chi connectivity index (χ0v) is 15.3. The lowest BCUT2D eigenvalue weighted by atomic mass is 9.85. The fourth-order valence-electron chi connectivity index (χ4n) is 3.97. The lowest BCUT2D eigenvalue weighted by Gasteiger charge is -2.38. The first-order chi connectivity index (χ1) is 13.0. The Morgan fingerprint density at radius 2 is 1.85 bits per heavy atom. The Bertz CT molecular complexity index is 855. The molecule has 0 radical (unpaired) electrons. The second-order valence-electron chi connectivity index (χ2n) is 7.68. The Hall–Kier alpha value is -2.50. The van der Waals surface area contributed by atoms with E-state index in [1.165, 1.54) is 5.56 Å². The summed E-state index contributed by atoms with van der Waals surface area (Å²) in [4.78, 5) is 26.2. The van der Waals surface area contributed by atoms with Crippen LogP contribution in [0.2, 0.25) is 0 Å². The Balaban J connectivity index is 1.33. The molecule has 2 aromatic rings. The van der Waals surface area contributed by atoms with E-state index < -0.39 is 5.60 Å². The van der Waals surface area contributed by atoms with Crippen molar-refractivity contribution in [3.05, 3.63) is 65.2 Å². The van der Waals surface area contributed by atoms with Gasteiger partial charge in [-0.15, -0.1) is 0 Å². The van der Waals surface area contributed by atoms with Gasteiger partial charge in [0, 0.05) is 37.3 Å². The zero-order chi connectivity index (χ0) is 18.9. The van der Waals surface area contributed by atoms with Crippen LogP contribution in [0.25, 0.3) is 0 Å². The van der Waals surface area contributed by atoms with E-state index in [4.69, 9.17) is 0 Å². The number of hydrogen-bond donors (Lipinski definition) is 2. The molecule has 2 heterocycles. The van der Waals surface area contributed by atoms with Gasteiger partial charge in [-0.2, -0.15) is 0 Å². The van der Waals surface area contributed by atoms with Gasteiger partial charge in [0.1, 0.15) is 0 Å². The number of Topliss-reactive ketones (excluding diaryl/α,β-unsaturated/α-hetero) is 1. The minimum Gasteiger partial charge on any atom is -0.389 e. The number of rotatable bonds is 5. The number of piperidine rings is 1. The maximum absolute atomic E-state index is 12.4. The van der Waals surface area contributed by atoms with Crippen molar-refractivity contribution in [3.8, 4) is 0 Å². The number of carbonyl (C=O) groups is 2. The predicted molar refractivity (Wildman–Crippen MR) is 104 cm³/mol. The number of amides is 1. The minimum absolute atomic E-state index is 0.00217. The van der Waals surface area contributed by atoms with E-state index in [2.05, 4.69) is 16.3 Å². The number of aliphatic hydroxyl groups is 1. The summed E-state index contributed by atoms with van der Waals surface area (Å²) in [5.41, 5.74) is 2.89. The lowest BCUT2D eigenvalue weighted by Crippen LogP contribution is -2.45. The van der Waals surface area contributed by atoms with E-state index in [1.54, 1.807) is 12.1 Å². The second kappa shape index (κ2) is 7.25. The molecule has 1 fully saturated rings. The summed E-state index contributed by atoms with van der Waals surface area (Å²) in [6.07, 6.45) is 1.81. The van der Waals surface area contributed by atoms with Crippen molar-refractivity contribution < 1.29 is 14.7 Å². The highest BCUT2D eigenvalue weighted by atomic mass is 16.3. The molecule has 2 N–H and O–H groups in total. The van der Waals surface area contributed by atoms with Crippen LogP contribution in [-0.4, -0.2) is 40.4 Å². The second-order valence-corrected chi connectivity index (χ2v) is 7.68. The first kappa shape index (κ1) is 17.9. The first-order valence-electron chi connectivity index (χ1n) is 9.45. The highest BCUT2D eigenvalue weighted by Crippen LogP contribution is 2.29. The van der Waals surface area contributed by atoms with Gasteiger partial charge in [0.2, 0.25) is 5.91 Å². The van der Waals surface area contributed by atoms with E-state index in [9.17, 15) is 14.7 Å². The van der Waals surface area contributed by atoms with Gasteiger partial charge in [-0.25, -0.2) is 0 Å². The van der Waals surface area contributed by atoms with Crippen LogP contribution in [0.1, 0.15) is 40.7 Å². The summed E-state index contributed by atoms with van der Waals surface area (Å²) in [6, 6.07) is 15.3.